The molecule has 0 fully saturated rings. The maximum absolute atomic E-state index is 12.6. The molecule has 0 aliphatic carbocycles. The summed E-state index contributed by atoms with van der Waals surface area (Å²) in [6, 6.07) is 3.08. The number of methoxy groups -OCH3 is 1. The Kier molecular flexibility index (Phi) is 6.59. The smallest absolute Gasteiger partial charge is 0.255 e. The van der Waals surface area contributed by atoms with Crippen LogP contribution in [0.2, 0.25) is 10.0 Å². The number of amides is 1. The molecule has 0 aliphatic rings. The van der Waals surface area contributed by atoms with E-state index in [-0.39, 0.29) is 16.0 Å². The summed E-state index contributed by atoms with van der Waals surface area (Å²) in [5.74, 6) is 0.154. The van der Waals surface area contributed by atoms with E-state index in [1.165, 1.54) is 6.07 Å². The van der Waals surface area contributed by atoms with Crippen LogP contribution in [0.4, 0.5) is 5.69 Å². The quantitative estimate of drug-likeness (QED) is 0.818. The van der Waals surface area contributed by atoms with Gasteiger partial charge in [0.15, 0.2) is 0 Å². The molecule has 0 radical (unpaired) electrons. The van der Waals surface area contributed by atoms with Gasteiger partial charge >= 0.3 is 0 Å². The predicted molar refractivity (Wildman–Crippen MR) is 83.5 cm³/mol. The van der Waals surface area contributed by atoms with E-state index in [1.54, 1.807) is 18.1 Å². The van der Waals surface area contributed by atoms with Crippen LogP contribution in [0.1, 0.15) is 24.2 Å². The number of nitrogen functional groups attached to an aromatic ring is 1. The number of rotatable bonds is 6. The molecule has 6 heteroatoms. The molecule has 0 aliphatic heterocycles. The first kappa shape index (κ1) is 17.1. The summed E-state index contributed by atoms with van der Waals surface area (Å²) in [5, 5.41) is 0.517. The lowest BCUT2D eigenvalue weighted by Crippen LogP contribution is -2.37. The fourth-order valence-corrected chi connectivity index (χ4v) is 2.27. The molecular weight excluding hydrogens is 299 g/mol. The molecule has 0 spiro atoms. The monoisotopic (exact) mass is 318 g/mol. The average Bonchev–Trinajstić information content (AvgIpc) is 2.37. The van der Waals surface area contributed by atoms with E-state index in [0.29, 0.717) is 36.9 Å². The van der Waals surface area contributed by atoms with Crippen LogP contribution in [0.15, 0.2) is 12.1 Å². The van der Waals surface area contributed by atoms with Gasteiger partial charge in [-0.25, -0.2) is 0 Å². The van der Waals surface area contributed by atoms with Gasteiger partial charge in [-0.1, -0.05) is 37.0 Å². The summed E-state index contributed by atoms with van der Waals surface area (Å²) < 4.78 is 5.04. The molecule has 0 atom stereocenters. The van der Waals surface area contributed by atoms with Crippen molar-refractivity contribution in [1.29, 1.82) is 0 Å². The minimum atomic E-state index is -0.185. The highest BCUT2D eigenvalue weighted by Crippen LogP contribution is 2.29. The molecule has 0 saturated carbocycles. The second kappa shape index (κ2) is 7.72. The van der Waals surface area contributed by atoms with Gasteiger partial charge in [-0.15, -0.1) is 0 Å². The third-order valence-corrected chi connectivity index (χ3v) is 3.52. The van der Waals surface area contributed by atoms with Crippen LogP contribution in [-0.2, 0) is 4.74 Å². The first-order chi connectivity index (χ1) is 9.36. The molecule has 0 bridgehead atoms. The van der Waals surface area contributed by atoms with Crippen LogP contribution in [0.3, 0.4) is 0 Å². The van der Waals surface area contributed by atoms with Gasteiger partial charge < -0.3 is 15.4 Å². The van der Waals surface area contributed by atoms with Crippen molar-refractivity contribution < 1.29 is 9.53 Å². The molecule has 1 aromatic rings. The van der Waals surface area contributed by atoms with Crippen molar-refractivity contribution in [2.75, 3.05) is 32.5 Å². The van der Waals surface area contributed by atoms with E-state index in [2.05, 4.69) is 0 Å². The third-order valence-electron chi connectivity index (χ3n) is 2.72. The van der Waals surface area contributed by atoms with Crippen molar-refractivity contribution in [3.8, 4) is 0 Å². The Balaban J connectivity index is 3.04. The Labute approximate surface area is 129 Å². The Hall–Kier alpha value is -0.970. The molecule has 1 rings (SSSR count). The minimum Gasteiger partial charge on any atom is -0.399 e. The van der Waals surface area contributed by atoms with Gasteiger partial charge in [-0.2, -0.15) is 0 Å². The van der Waals surface area contributed by atoms with Gasteiger partial charge in [-0.3, -0.25) is 4.79 Å². The van der Waals surface area contributed by atoms with Crippen molar-refractivity contribution in [2.24, 2.45) is 5.92 Å². The molecule has 2 N–H and O–H groups in total. The van der Waals surface area contributed by atoms with Crippen molar-refractivity contribution in [2.45, 2.75) is 13.8 Å². The van der Waals surface area contributed by atoms with Gasteiger partial charge in [0.1, 0.15) is 0 Å². The third kappa shape index (κ3) is 4.54. The van der Waals surface area contributed by atoms with Crippen LogP contribution in [-0.4, -0.2) is 37.6 Å². The Morgan fingerprint density at radius 1 is 1.40 bits per heavy atom. The van der Waals surface area contributed by atoms with E-state index in [4.69, 9.17) is 33.7 Å². The van der Waals surface area contributed by atoms with Gasteiger partial charge in [0.05, 0.1) is 22.2 Å². The number of carbonyl (C=O) groups is 1. The predicted octanol–water partition coefficient (Wildman–Crippen LogP) is 3.32. The minimum absolute atomic E-state index is 0.185. The van der Waals surface area contributed by atoms with Crippen LogP contribution < -0.4 is 5.73 Å². The summed E-state index contributed by atoms with van der Waals surface area (Å²) >= 11 is 12.1. The molecule has 0 saturated heterocycles. The fourth-order valence-electron chi connectivity index (χ4n) is 1.85. The molecule has 1 amide bonds. The summed E-state index contributed by atoms with van der Waals surface area (Å²) in [6.07, 6.45) is 0. The standard InChI is InChI=1S/C14H20Cl2N2O2/c1-9(2)8-18(4-5-20-3)14(19)11-6-10(17)7-12(15)13(11)16/h6-7,9H,4-5,8,17H2,1-3H3. The maximum atomic E-state index is 12.6. The summed E-state index contributed by atoms with van der Waals surface area (Å²) in [6.45, 7) is 5.66. The van der Waals surface area contributed by atoms with Crippen LogP contribution in [0, 0.1) is 5.92 Å². The van der Waals surface area contributed by atoms with Crippen LogP contribution in [0.25, 0.3) is 0 Å². The van der Waals surface area contributed by atoms with E-state index in [1.807, 2.05) is 13.8 Å². The molecule has 0 aromatic heterocycles. The molecule has 20 heavy (non-hydrogen) atoms. The number of ether oxygens (including phenoxy) is 1. The van der Waals surface area contributed by atoms with Crippen LogP contribution in [0.5, 0.6) is 0 Å². The molecule has 4 nitrogen and oxygen atoms in total. The van der Waals surface area contributed by atoms with E-state index >= 15 is 0 Å². The number of hydrogen-bond acceptors (Lipinski definition) is 3. The normalized spacial score (nSPS) is 10.9. The molecule has 0 unspecified atom stereocenters. The van der Waals surface area contributed by atoms with Crippen molar-refractivity contribution in [3.05, 3.63) is 27.7 Å². The molecular formula is C14H20Cl2N2O2. The highest BCUT2D eigenvalue weighted by molar-refractivity contribution is 6.44. The van der Waals surface area contributed by atoms with E-state index in [9.17, 15) is 4.79 Å². The largest absolute Gasteiger partial charge is 0.399 e. The zero-order valence-corrected chi connectivity index (χ0v) is 13.5. The average molecular weight is 319 g/mol. The lowest BCUT2D eigenvalue weighted by Gasteiger charge is -2.25. The second-order valence-corrected chi connectivity index (χ2v) is 5.79. The van der Waals surface area contributed by atoms with Crippen LogP contribution >= 0.6 is 23.2 Å². The van der Waals surface area contributed by atoms with E-state index in [0.717, 1.165) is 0 Å². The Morgan fingerprint density at radius 3 is 2.60 bits per heavy atom. The topological polar surface area (TPSA) is 55.6 Å². The highest BCUT2D eigenvalue weighted by Gasteiger charge is 2.21. The maximum Gasteiger partial charge on any atom is 0.255 e. The van der Waals surface area contributed by atoms with Gasteiger partial charge in [0.25, 0.3) is 5.91 Å². The first-order valence-corrected chi connectivity index (χ1v) is 7.15. The van der Waals surface area contributed by atoms with Crippen molar-refractivity contribution in [3.63, 3.8) is 0 Å². The van der Waals surface area contributed by atoms with Crippen molar-refractivity contribution in [1.82, 2.24) is 4.90 Å². The number of benzene rings is 1. The SMILES string of the molecule is COCCN(CC(C)C)C(=O)c1cc(N)cc(Cl)c1Cl. The number of nitrogens with two attached hydrogens (primary N) is 1. The zero-order valence-electron chi connectivity index (χ0n) is 12.0. The Morgan fingerprint density at radius 2 is 2.05 bits per heavy atom. The van der Waals surface area contributed by atoms with Crippen molar-refractivity contribution >= 4 is 34.8 Å². The summed E-state index contributed by atoms with van der Waals surface area (Å²) in [5.41, 5.74) is 6.47. The summed E-state index contributed by atoms with van der Waals surface area (Å²) in [7, 11) is 1.60. The number of anilines is 1. The molecule has 1 aromatic carbocycles. The lowest BCUT2D eigenvalue weighted by atomic mass is 10.1. The van der Waals surface area contributed by atoms with Gasteiger partial charge in [0.2, 0.25) is 0 Å². The van der Waals surface area contributed by atoms with Gasteiger partial charge in [0, 0.05) is 25.9 Å². The highest BCUT2D eigenvalue weighted by atomic mass is 35.5. The first-order valence-electron chi connectivity index (χ1n) is 6.39. The number of carbonyl (C=O) groups excluding carboxylic acids is 1. The summed E-state index contributed by atoms with van der Waals surface area (Å²) in [4.78, 5) is 14.3. The molecule has 0 heterocycles. The zero-order chi connectivity index (χ0) is 15.3. The van der Waals surface area contributed by atoms with E-state index < -0.39 is 0 Å². The number of halogens is 2. The fraction of sp³-hybridized carbons (Fsp3) is 0.500. The number of nitrogens with zero attached hydrogens (tertiary/aromatic N) is 1. The van der Waals surface area contributed by atoms with Gasteiger partial charge in [-0.05, 0) is 18.1 Å². The second-order valence-electron chi connectivity index (χ2n) is 5.00. The Bertz CT molecular complexity index is 478. The lowest BCUT2D eigenvalue weighted by molar-refractivity contribution is 0.0672. The molecule has 112 valence electrons. The number of hydrogen-bond donors (Lipinski definition) is 1.